The van der Waals surface area contributed by atoms with Crippen LogP contribution in [0, 0.1) is 0 Å². The number of hydrogen-bond acceptors (Lipinski definition) is 2. The SMILES string of the molecule is CCOC1CC(NCc2cc(Cl)ccc2Br)C1. The molecule has 0 aliphatic heterocycles. The van der Waals surface area contributed by atoms with Crippen LogP contribution in [0.25, 0.3) is 0 Å². The van der Waals surface area contributed by atoms with Gasteiger partial charge in [0.1, 0.15) is 0 Å². The molecule has 4 heteroatoms. The van der Waals surface area contributed by atoms with Crippen molar-refractivity contribution < 1.29 is 4.74 Å². The van der Waals surface area contributed by atoms with Crippen LogP contribution in [0.5, 0.6) is 0 Å². The third-order valence-electron chi connectivity index (χ3n) is 3.09. The lowest BCUT2D eigenvalue weighted by Gasteiger charge is -2.35. The van der Waals surface area contributed by atoms with E-state index in [1.807, 2.05) is 25.1 Å². The van der Waals surface area contributed by atoms with Crippen molar-refractivity contribution >= 4 is 27.5 Å². The fraction of sp³-hybridized carbons (Fsp3) is 0.538. The summed E-state index contributed by atoms with van der Waals surface area (Å²) in [6.45, 7) is 3.71. The molecule has 0 aromatic heterocycles. The molecule has 2 nitrogen and oxygen atoms in total. The fourth-order valence-electron chi connectivity index (χ4n) is 2.04. The summed E-state index contributed by atoms with van der Waals surface area (Å²) in [5.74, 6) is 0. The molecule has 2 rings (SSSR count). The first-order chi connectivity index (χ1) is 8.19. The van der Waals surface area contributed by atoms with E-state index in [0.29, 0.717) is 12.1 Å². The first-order valence-electron chi connectivity index (χ1n) is 5.98. The van der Waals surface area contributed by atoms with E-state index in [4.69, 9.17) is 16.3 Å². The summed E-state index contributed by atoms with van der Waals surface area (Å²) in [4.78, 5) is 0. The van der Waals surface area contributed by atoms with Crippen molar-refractivity contribution in [2.75, 3.05) is 6.61 Å². The van der Waals surface area contributed by atoms with E-state index < -0.39 is 0 Å². The Morgan fingerprint density at radius 1 is 1.47 bits per heavy atom. The summed E-state index contributed by atoms with van der Waals surface area (Å²) in [5.41, 5.74) is 1.21. The summed E-state index contributed by atoms with van der Waals surface area (Å²) in [6.07, 6.45) is 2.69. The minimum Gasteiger partial charge on any atom is -0.378 e. The maximum absolute atomic E-state index is 5.98. The highest BCUT2D eigenvalue weighted by atomic mass is 79.9. The van der Waals surface area contributed by atoms with E-state index in [2.05, 4.69) is 21.2 Å². The third-order valence-corrected chi connectivity index (χ3v) is 4.09. The quantitative estimate of drug-likeness (QED) is 0.892. The molecule has 0 heterocycles. The number of ether oxygens (including phenoxy) is 1. The average Bonchev–Trinajstić information content (AvgIpc) is 2.26. The van der Waals surface area contributed by atoms with Gasteiger partial charge in [-0.3, -0.25) is 0 Å². The molecule has 0 amide bonds. The molecule has 1 aromatic carbocycles. The van der Waals surface area contributed by atoms with Crippen LogP contribution in [0.3, 0.4) is 0 Å². The van der Waals surface area contributed by atoms with Crippen LogP contribution >= 0.6 is 27.5 Å². The van der Waals surface area contributed by atoms with Crippen LogP contribution in [0.15, 0.2) is 22.7 Å². The Bertz CT molecular complexity index is 380. The smallest absolute Gasteiger partial charge is 0.0604 e. The van der Waals surface area contributed by atoms with Crippen LogP contribution in [0.2, 0.25) is 5.02 Å². The molecular weight excluding hydrogens is 302 g/mol. The second-order valence-corrected chi connectivity index (χ2v) is 5.65. The van der Waals surface area contributed by atoms with Gasteiger partial charge >= 0.3 is 0 Å². The van der Waals surface area contributed by atoms with Gasteiger partial charge in [-0.15, -0.1) is 0 Å². The van der Waals surface area contributed by atoms with E-state index in [1.165, 1.54) is 5.56 Å². The van der Waals surface area contributed by atoms with Crippen LogP contribution in [-0.4, -0.2) is 18.8 Å². The standard InChI is InChI=1S/C13H17BrClNO/c1-2-17-12-6-11(7-12)16-8-9-5-10(15)3-4-13(9)14/h3-5,11-12,16H,2,6-8H2,1H3. The molecule has 1 saturated carbocycles. The van der Waals surface area contributed by atoms with E-state index in [1.54, 1.807) is 0 Å². The average molecular weight is 319 g/mol. The monoisotopic (exact) mass is 317 g/mol. The molecule has 94 valence electrons. The summed E-state index contributed by atoms with van der Waals surface area (Å²) >= 11 is 9.51. The number of rotatable bonds is 5. The first kappa shape index (κ1) is 13.3. The van der Waals surface area contributed by atoms with Gasteiger partial charge in [0.25, 0.3) is 0 Å². The van der Waals surface area contributed by atoms with Crippen molar-refractivity contribution in [2.45, 2.75) is 38.5 Å². The van der Waals surface area contributed by atoms with E-state index in [9.17, 15) is 0 Å². The van der Waals surface area contributed by atoms with Gasteiger partial charge in [-0.1, -0.05) is 27.5 Å². The molecule has 0 saturated heterocycles. The lowest BCUT2D eigenvalue weighted by molar-refractivity contribution is -0.0102. The van der Waals surface area contributed by atoms with Crippen molar-refractivity contribution in [2.24, 2.45) is 0 Å². The molecule has 0 unspecified atom stereocenters. The molecule has 0 atom stereocenters. The zero-order chi connectivity index (χ0) is 12.3. The summed E-state index contributed by atoms with van der Waals surface area (Å²) < 4.78 is 6.64. The normalized spacial score (nSPS) is 23.5. The highest BCUT2D eigenvalue weighted by Gasteiger charge is 2.28. The fourth-order valence-corrected chi connectivity index (χ4v) is 2.62. The predicted octanol–water partition coefficient (Wildman–Crippen LogP) is 3.76. The maximum Gasteiger partial charge on any atom is 0.0604 e. The largest absolute Gasteiger partial charge is 0.378 e. The lowest BCUT2D eigenvalue weighted by atomic mass is 9.89. The Kier molecular flexibility index (Phi) is 4.86. The second-order valence-electron chi connectivity index (χ2n) is 4.36. The van der Waals surface area contributed by atoms with Gasteiger partial charge in [-0.2, -0.15) is 0 Å². The van der Waals surface area contributed by atoms with Gasteiger partial charge in [-0.05, 0) is 43.5 Å². The van der Waals surface area contributed by atoms with Crippen molar-refractivity contribution in [3.63, 3.8) is 0 Å². The van der Waals surface area contributed by atoms with Gasteiger partial charge in [-0.25, -0.2) is 0 Å². The second kappa shape index (κ2) is 6.19. The topological polar surface area (TPSA) is 21.3 Å². The van der Waals surface area contributed by atoms with Crippen molar-refractivity contribution in [1.82, 2.24) is 5.32 Å². The van der Waals surface area contributed by atoms with Crippen molar-refractivity contribution in [3.05, 3.63) is 33.3 Å². The van der Waals surface area contributed by atoms with Gasteiger partial charge in [0.05, 0.1) is 6.10 Å². The summed E-state index contributed by atoms with van der Waals surface area (Å²) in [7, 11) is 0. The summed E-state index contributed by atoms with van der Waals surface area (Å²) in [6, 6.07) is 6.46. The number of hydrogen-bond donors (Lipinski definition) is 1. The maximum atomic E-state index is 5.98. The molecule has 1 fully saturated rings. The third kappa shape index (κ3) is 3.68. The van der Waals surface area contributed by atoms with Gasteiger partial charge in [0, 0.05) is 28.7 Å². The predicted molar refractivity (Wildman–Crippen MR) is 74.4 cm³/mol. The first-order valence-corrected chi connectivity index (χ1v) is 7.15. The molecule has 1 aliphatic rings. The molecule has 0 spiro atoms. The minimum absolute atomic E-state index is 0.459. The molecular formula is C13H17BrClNO. The zero-order valence-corrected chi connectivity index (χ0v) is 12.2. The zero-order valence-electron chi connectivity index (χ0n) is 9.88. The van der Waals surface area contributed by atoms with E-state index in [0.717, 1.165) is 35.5 Å². The molecule has 0 bridgehead atoms. The van der Waals surface area contributed by atoms with Gasteiger partial charge < -0.3 is 10.1 Å². The highest BCUT2D eigenvalue weighted by Crippen LogP contribution is 2.25. The van der Waals surface area contributed by atoms with E-state index in [-0.39, 0.29) is 0 Å². The number of nitrogens with one attached hydrogen (secondary N) is 1. The van der Waals surface area contributed by atoms with E-state index >= 15 is 0 Å². The van der Waals surface area contributed by atoms with Gasteiger partial charge in [0.2, 0.25) is 0 Å². The minimum atomic E-state index is 0.459. The number of halogens is 2. The molecule has 1 N–H and O–H groups in total. The van der Waals surface area contributed by atoms with Crippen LogP contribution in [0.1, 0.15) is 25.3 Å². The molecule has 1 aliphatic carbocycles. The number of benzene rings is 1. The van der Waals surface area contributed by atoms with Gasteiger partial charge in [0.15, 0.2) is 0 Å². The Morgan fingerprint density at radius 2 is 2.24 bits per heavy atom. The lowest BCUT2D eigenvalue weighted by Crippen LogP contribution is -2.45. The van der Waals surface area contributed by atoms with Crippen LogP contribution < -0.4 is 5.32 Å². The Morgan fingerprint density at radius 3 is 2.94 bits per heavy atom. The molecule has 1 aromatic rings. The molecule has 0 radical (unpaired) electrons. The summed E-state index contributed by atoms with van der Waals surface area (Å²) in [5, 5.41) is 4.31. The van der Waals surface area contributed by atoms with Crippen LogP contribution in [0.4, 0.5) is 0 Å². The Hall–Kier alpha value is -0.0900. The van der Waals surface area contributed by atoms with Crippen molar-refractivity contribution in [3.8, 4) is 0 Å². The highest BCUT2D eigenvalue weighted by molar-refractivity contribution is 9.10. The van der Waals surface area contributed by atoms with Crippen molar-refractivity contribution in [1.29, 1.82) is 0 Å². The Labute approximate surface area is 116 Å². The Balaban J connectivity index is 1.77. The van der Waals surface area contributed by atoms with Crippen LogP contribution in [-0.2, 0) is 11.3 Å². The molecule has 17 heavy (non-hydrogen) atoms.